The van der Waals surface area contributed by atoms with Gasteiger partial charge in [-0.05, 0) is 109 Å². The lowest BCUT2D eigenvalue weighted by atomic mass is 10.0. The van der Waals surface area contributed by atoms with E-state index in [-0.39, 0.29) is 31.1 Å². The molecule has 0 aromatic rings. The molecule has 0 aliphatic heterocycles. The minimum absolute atomic E-state index is 0.0776. The Hall–Kier alpha value is -3.15. The van der Waals surface area contributed by atoms with E-state index in [0.717, 1.165) is 89.9 Å². The summed E-state index contributed by atoms with van der Waals surface area (Å²) in [6.45, 7) is 6.55. The lowest BCUT2D eigenvalue weighted by Crippen LogP contribution is -2.30. The van der Waals surface area contributed by atoms with E-state index in [9.17, 15) is 14.4 Å². The SMILES string of the molecule is CC/C=C\C/C=C\C/C=C\CCCCCCCCCC(=O)OCC(COC(=O)CCCCCCCCCCCCCCCCC/C=C\CCCCCCCCCC)OC(=O)CCCCCCCCCCC/C=C\C/C=C\CCCCC. The summed E-state index contributed by atoms with van der Waals surface area (Å²) in [6, 6.07) is 0. The van der Waals surface area contributed by atoms with Crippen LogP contribution in [0, 0.1) is 0 Å². The number of allylic oxidation sites excluding steroid dienone is 12. The maximum atomic E-state index is 13.0. The number of hydrogen-bond acceptors (Lipinski definition) is 6. The normalized spacial score (nSPS) is 12.5. The second kappa shape index (κ2) is 69.3. The van der Waals surface area contributed by atoms with E-state index in [1.165, 1.54) is 238 Å². The third-order valence-electron chi connectivity index (χ3n) is 15.7. The van der Waals surface area contributed by atoms with E-state index in [4.69, 9.17) is 14.2 Å². The molecule has 6 nitrogen and oxygen atoms in total. The van der Waals surface area contributed by atoms with Gasteiger partial charge in [-0.1, -0.05) is 312 Å². The average molecular weight is 1130 g/mol. The van der Waals surface area contributed by atoms with Gasteiger partial charge in [0.05, 0.1) is 0 Å². The number of esters is 3. The topological polar surface area (TPSA) is 78.9 Å². The Labute approximate surface area is 503 Å². The number of ether oxygens (including phenoxy) is 3. The quantitative estimate of drug-likeness (QED) is 0.0261. The lowest BCUT2D eigenvalue weighted by Gasteiger charge is -2.18. The lowest BCUT2D eigenvalue weighted by molar-refractivity contribution is -0.167. The summed E-state index contributed by atoms with van der Waals surface area (Å²) in [4.78, 5) is 38.5. The first-order valence-corrected chi connectivity index (χ1v) is 35.4. The number of hydrogen-bond donors (Lipinski definition) is 0. The Morgan fingerprint density at radius 1 is 0.259 bits per heavy atom. The monoisotopic (exact) mass is 1130 g/mol. The van der Waals surface area contributed by atoms with Crippen LogP contribution >= 0.6 is 0 Å². The fourth-order valence-electron chi connectivity index (χ4n) is 10.4. The van der Waals surface area contributed by atoms with Crippen LogP contribution in [0.15, 0.2) is 72.9 Å². The van der Waals surface area contributed by atoms with Crippen LogP contribution in [-0.2, 0) is 28.6 Å². The van der Waals surface area contributed by atoms with Gasteiger partial charge < -0.3 is 14.2 Å². The van der Waals surface area contributed by atoms with Gasteiger partial charge in [-0.15, -0.1) is 0 Å². The third-order valence-corrected chi connectivity index (χ3v) is 15.7. The Bertz CT molecular complexity index is 1490. The third kappa shape index (κ3) is 67.5. The first-order valence-electron chi connectivity index (χ1n) is 35.4. The molecule has 1 atom stereocenters. The molecule has 0 aliphatic carbocycles. The second-order valence-corrected chi connectivity index (χ2v) is 23.8. The van der Waals surface area contributed by atoms with Crippen LogP contribution in [0.5, 0.6) is 0 Å². The molecule has 0 rings (SSSR count). The summed E-state index contributed by atoms with van der Waals surface area (Å²) in [5.41, 5.74) is 0. The standard InChI is InChI=1S/C75H134O6/c1-4-7-10-13-16-19-22-25-28-31-33-34-35-36-37-38-39-40-42-44-47-50-53-56-59-62-65-68-74(77)80-71-72(70-79-73(76)67-64-61-58-55-52-49-46-43-30-27-24-21-18-15-12-9-6-3)81-75(78)69-66-63-60-57-54-51-48-45-41-32-29-26-23-20-17-14-11-8-5-2/h9,12,17-18,20-21,26-27,29-31,33,72H,4-8,10-11,13-16,19,22-25,28,32,34-71H2,1-3H3/b12-9-,20-17-,21-18-,29-26-,30-27-,33-31-. The van der Waals surface area contributed by atoms with Crippen molar-refractivity contribution in [1.29, 1.82) is 0 Å². The molecule has 81 heavy (non-hydrogen) atoms. The minimum Gasteiger partial charge on any atom is -0.462 e. The zero-order valence-corrected chi connectivity index (χ0v) is 54.1. The minimum atomic E-state index is -0.783. The largest absolute Gasteiger partial charge is 0.462 e. The molecule has 0 radical (unpaired) electrons. The maximum absolute atomic E-state index is 13.0. The highest BCUT2D eigenvalue weighted by Crippen LogP contribution is 2.18. The molecule has 0 aliphatic rings. The molecule has 0 N–H and O–H groups in total. The van der Waals surface area contributed by atoms with Crippen LogP contribution in [0.2, 0.25) is 0 Å². The predicted octanol–water partition coefficient (Wildman–Crippen LogP) is 24.4. The Kier molecular flexibility index (Phi) is 66.6. The zero-order chi connectivity index (χ0) is 58.5. The van der Waals surface area contributed by atoms with Crippen molar-refractivity contribution < 1.29 is 28.6 Å². The van der Waals surface area contributed by atoms with Gasteiger partial charge in [0, 0.05) is 19.3 Å². The molecule has 470 valence electrons. The summed E-state index contributed by atoms with van der Waals surface area (Å²) in [5, 5.41) is 0. The molecule has 6 heteroatoms. The van der Waals surface area contributed by atoms with Gasteiger partial charge in [0.15, 0.2) is 6.10 Å². The highest BCUT2D eigenvalue weighted by molar-refractivity contribution is 5.71. The summed E-state index contributed by atoms with van der Waals surface area (Å²) in [5.74, 6) is -0.871. The Morgan fingerprint density at radius 2 is 0.481 bits per heavy atom. The van der Waals surface area contributed by atoms with Crippen LogP contribution in [-0.4, -0.2) is 37.2 Å². The molecule has 0 fully saturated rings. The Balaban J connectivity index is 4.29. The van der Waals surface area contributed by atoms with Crippen molar-refractivity contribution in [3.63, 3.8) is 0 Å². The fourth-order valence-corrected chi connectivity index (χ4v) is 10.4. The summed E-state index contributed by atoms with van der Waals surface area (Å²) in [6.07, 6.45) is 90.7. The first kappa shape index (κ1) is 77.9. The Morgan fingerprint density at radius 3 is 0.790 bits per heavy atom. The van der Waals surface area contributed by atoms with Gasteiger partial charge in [0.25, 0.3) is 0 Å². The van der Waals surface area contributed by atoms with Crippen LogP contribution in [0.3, 0.4) is 0 Å². The van der Waals surface area contributed by atoms with Crippen molar-refractivity contribution in [2.45, 2.75) is 374 Å². The molecule has 0 saturated heterocycles. The van der Waals surface area contributed by atoms with Crippen molar-refractivity contribution in [2.75, 3.05) is 13.2 Å². The highest BCUT2D eigenvalue weighted by atomic mass is 16.6. The molecule has 1 unspecified atom stereocenters. The van der Waals surface area contributed by atoms with E-state index in [1.54, 1.807) is 0 Å². The fraction of sp³-hybridized carbons (Fsp3) is 0.800. The molecule has 0 heterocycles. The van der Waals surface area contributed by atoms with Crippen molar-refractivity contribution in [1.82, 2.24) is 0 Å². The number of carbonyl (C=O) groups is 3. The van der Waals surface area contributed by atoms with Crippen molar-refractivity contribution in [3.8, 4) is 0 Å². The molecule has 0 bridgehead atoms. The van der Waals surface area contributed by atoms with Gasteiger partial charge in [-0.3, -0.25) is 14.4 Å². The second-order valence-electron chi connectivity index (χ2n) is 23.8. The predicted molar refractivity (Wildman–Crippen MR) is 353 cm³/mol. The van der Waals surface area contributed by atoms with E-state index >= 15 is 0 Å². The van der Waals surface area contributed by atoms with Crippen LogP contribution in [0.25, 0.3) is 0 Å². The van der Waals surface area contributed by atoms with Crippen LogP contribution in [0.1, 0.15) is 367 Å². The smallest absolute Gasteiger partial charge is 0.306 e. The van der Waals surface area contributed by atoms with Gasteiger partial charge >= 0.3 is 17.9 Å². The molecule has 0 spiro atoms. The van der Waals surface area contributed by atoms with E-state index in [2.05, 4.69) is 93.7 Å². The number of unbranched alkanes of at least 4 members (excludes halogenated alkanes) is 42. The molecule has 0 aromatic carbocycles. The highest BCUT2D eigenvalue weighted by Gasteiger charge is 2.19. The van der Waals surface area contributed by atoms with Gasteiger partial charge in [0.2, 0.25) is 0 Å². The maximum Gasteiger partial charge on any atom is 0.306 e. The van der Waals surface area contributed by atoms with Crippen LogP contribution < -0.4 is 0 Å². The molecular formula is C75H134O6. The van der Waals surface area contributed by atoms with E-state index in [0.29, 0.717) is 19.3 Å². The van der Waals surface area contributed by atoms with Gasteiger partial charge in [-0.2, -0.15) is 0 Å². The summed E-state index contributed by atoms with van der Waals surface area (Å²) in [7, 11) is 0. The van der Waals surface area contributed by atoms with Crippen molar-refractivity contribution in [2.24, 2.45) is 0 Å². The first-order chi connectivity index (χ1) is 40.0. The van der Waals surface area contributed by atoms with E-state index < -0.39 is 6.10 Å². The molecule has 0 aromatic heterocycles. The van der Waals surface area contributed by atoms with Crippen molar-refractivity contribution in [3.05, 3.63) is 72.9 Å². The number of carbonyl (C=O) groups excluding carboxylic acids is 3. The van der Waals surface area contributed by atoms with Crippen molar-refractivity contribution >= 4 is 17.9 Å². The zero-order valence-electron chi connectivity index (χ0n) is 54.1. The van der Waals surface area contributed by atoms with E-state index in [1.807, 2.05) is 0 Å². The summed E-state index contributed by atoms with van der Waals surface area (Å²) >= 11 is 0. The number of rotatable bonds is 65. The molecular weight excluding hydrogens is 997 g/mol. The van der Waals surface area contributed by atoms with Crippen LogP contribution in [0.4, 0.5) is 0 Å². The molecule has 0 saturated carbocycles. The summed E-state index contributed by atoms with van der Waals surface area (Å²) < 4.78 is 17.0. The molecule has 0 amide bonds. The van der Waals surface area contributed by atoms with Gasteiger partial charge in [0.1, 0.15) is 13.2 Å². The average Bonchev–Trinajstić information content (AvgIpc) is 3.47. The van der Waals surface area contributed by atoms with Gasteiger partial charge in [-0.25, -0.2) is 0 Å².